The molecule has 0 saturated heterocycles. The van der Waals surface area contributed by atoms with Crippen LogP contribution in [-0.2, 0) is 0 Å². The van der Waals surface area contributed by atoms with Gasteiger partial charge < -0.3 is 10.1 Å². The molecule has 27 heavy (non-hydrogen) atoms. The van der Waals surface area contributed by atoms with Crippen molar-refractivity contribution < 1.29 is 14.5 Å². The van der Waals surface area contributed by atoms with Gasteiger partial charge in [0.25, 0.3) is 11.7 Å². The van der Waals surface area contributed by atoms with E-state index in [9.17, 15) is 10.1 Å². The number of aryl methyl sites for hydroxylation is 1. The fourth-order valence-electron chi connectivity index (χ4n) is 2.80. The number of methoxy groups -OCH3 is 1. The molecule has 1 amide bonds. The van der Waals surface area contributed by atoms with Gasteiger partial charge in [-0.1, -0.05) is 17.7 Å². The largest absolute Gasteiger partial charge is 0.497 e. The summed E-state index contributed by atoms with van der Waals surface area (Å²) >= 11 is 0. The molecule has 0 aliphatic carbocycles. The summed E-state index contributed by atoms with van der Waals surface area (Å²) in [5.41, 5.74) is 3.16. The molecule has 136 valence electrons. The number of nitriles is 1. The zero-order valence-electron chi connectivity index (χ0n) is 15.3. The van der Waals surface area contributed by atoms with E-state index >= 15 is 0 Å². The predicted octanol–water partition coefficient (Wildman–Crippen LogP) is 2.68. The van der Waals surface area contributed by atoms with Crippen LogP contribution in [0.2, 0.25) is 0 Å². The first-order chi connectivity index (χ1) is 13.1. The van der Waals surface area contributed by atoms with E-state index in [-0.39, 0.29) is 5.91 Å². The van der Waals surface area contributed by atoms with Crippen LogP contribution in [0.3, 0.4) is 0 Å². The van der Waals surface area contributed by atoms with Crippen molar-refractivity contribution in [1.29, 1.82) is 5.26 Å². The number of rotatable bonds is 6. The van der Waals surface area contributed by atoms with Crippen LogP contribution in [0.4, 0.5) is 5.82 Å². The summed E-state index contributed by atoms with van der Waals surface area (Å²) in [6, 6.07) is 17.1. The van der Waals surface area contributed by atoms with E-state index in [4.69, 9.17) is 4.74 Å². The van der Waals surface area contributed by atoms with Crippen LogP contribution in [-0.4, -0.2) is 26.1 Å². The molecule has 1 heterocycles. The maximum atomic E-state index is 12.2. The first kappa shape index (κ1) is 18.2. The van der Waals surface area contributed by atoms with Gasteiger partial charge in [0.2, 0.25) is 0 Å². The molecule has 0 unspecified atom stereocenters. The number of pyridine rings is 1. The summed E-state index contributed by atoms with van der Waals surface area (Å²) in [7, 11) is 1.56. The second kappa shape index (κ2) is 8.19. The molecule has 3 N–H and O–H groups in total. The van der Waals surface area contributed by atoms with Crippen molar-refractivity contribution in [2.75, 3.05) is 25.5 Å². The number of hydrogen-bond acceptors (Lipinski definition) is 4. The van der Waals surface area contributed by atoms with Gasteiger partial charge in [0.05, 0.1) is 13.7 Å². The predicted molar refractivity (Wildman–Crippen MR) is 104 cm³/mol. The quantitative estimate of drug-likeness (QED) is 0.661. The van der Waals surface area contributed by atoms with Crippen molar-refractivity contribution in [3.63, 3.8) is 0 Å². The number of H-pyrrole nitrogens is 1. The summed E-state index contributed by atoms with van der Waals surface area (Å²) in [6.07, 6.45) is 0. The Morgan fingerprint density at radius 1 is 1.19 bits per heavy atom. The molecule has 1 aromatic heterocycles. The SMILES string of the molecule is COc1cccc(C(=O)NCCNc2[nH+]c3ccc(C)cc3cc2C#N)c1. The molecule has 3 rings (SSSR count). The number of benzene rings is 2. The molecular formula is C21H21N4O2+. The summed E-state index contributed by atoms with van der Waals surface area (Å²) < 4.78 is 5.13. The highest BCUT2D eigenvalue weighted by Crippen LogP contribution is 2.17. The van der Waals surface area contributed by atoms with Crippen LogP contribution in [0, 0.1) is 18.3 Å². The van der Waals surface area contributed by atoms with Gasteiger partial charge in [-0.2, -0.15) is 5.26 Å². The number of aromatic nitrogens is 1. The highest BCUT2D eigenvalue weighted by atomic mass is 16.5. The van der Waals surface area contributed by atoms with Gasteiger partial charge in [-0.05, 0) is 43.3 Å². The highest BCUT2D eigenvalue weighted by molar-refractivity contribution is 5.94. The van der Waals surface area contributed by atoms with Gasteiger partial charge >= 0.3 is 0 Å². The van der Waals surface area contributed by atoms with Gasteiger partial charge in [0.15, 0.2) is 0 Å². The second-order valence-corrected chi connectivity index (χ2v) is 6.18. The second-order valence-electron chi connectivity index (χ2n) is 6.18. The zero-order chi connectivity index (χ0) is 19.2. The third-order valence-electron chi connectivity index (χ3n) is 4.20. The van der Waals surface area contributed by atoms with Gasteiger partial charge in [-0.25, -0.2) is 4.98 Å². The Bertz CT molecular complexity index is 1020. The minimum atomic E-state index is -0.172. The number of carbonyl (C=O) groups excluding carboxylic acids is 1. The van der Waals surface area contributed by atoms with Crippen LogP contribution in [0.25, 0.3) is 10.9 Å². The standard InChI is InChI=1S/C21H20N4O2/c1-14-6-7-19-16(10-14)11-17(13-22)20(25-19)23-8-9-24-21(26)15-4-3-5-18(12-15)27-2/h3-7,10-12H,8-9H2,1-2H3,(H,23,25)(H,24,26)/p+1. The van der Waals surface area contributed by atoms with Crippen molar-refractivity contribution in [3.05, 3.63) is 65.2 Å². The van der Waals surface area contributed by atoms with Crippen LogP contribution in [0.5, 0.6) is 5.75 Å². The number of carbonyl (C=O) groups is 1. The summed E-state index contributed by atoms with van der Waals surface area (Å²) in [4.78, 5) is 15.4. The molecule has 3 aromatic rings. The number of amides is 1. The topological polar surface area (TPSA) is 88.3 Å². The Labute approximate surface area is 157 Å². The fraction of sp³-hybridized carbons (Fsp3) is 0.190. The average molecular weight is 361 g/mol. The van der Waals surface area contributed by atoms with Gasteiger partial charge in [-0.15, -0.1) is 0 Å². The van der Waals surface area contributed by atoms with Gasteiger partial charge in [0.1, 0.15) is 29.4 Å². The minimum absolute atomic E-state index is 0.172. The van der Waals surface area contributed by atoms with Gasteiger partial charge in [0, 0.05) is 10.9 Å². The third kappa shape index (κ3) is 4.33. The summed E-state index contributed by atoms with van der Waals surface area (Å²) in [5, 5.41) is 16.4. The van der Waals surface area contributed by atoms with Crippen molar-refractivity contribution >= 4 is 22.6 Å². The summed E-state index contributed by atoms with van der Waals surface area (Å²) in [6.45, 7) is 2.92. The normalized spacial score (nSPS) is 10.3. The average Bonchev–Trinajstić information content (AvgIpc) is 2.70. The van der Waals surface area contributed by atoms with Crippen LogP contribution in [0.1, 0.15) is 21.5 Å². The number of nitrogens with one attached hydrogen (secondary N) is 3. The van der Waals surface area contributed by atoms with E-state index in [2.05, 4.69) is 21.7 Å². The number of hydrogen-bond donors (Lipinski definition) is 2. The monoisotopic (exact) mass is 361 g/mol. The molecular weight excluding hydrogens is 340 g/mol. The first-order valence-electron chi connectivity index (χ1n) is 8.63. The maximum absolute atomic E-state index is 12.2. The van der Waals surface area contributed by atoms with E-state index in [1.54, 1.807) is 31.4 Å². The van der Waals surface area contributed by atoms with Gasteiger partial charge in [-0.3, -0.25) is 10.1 Å². The van der Waals surface area contributed by atoms with Crippen molar-refractivity contribution in [3.8, 4) is 11.8 Å². The molecule has 2 aromatic carbocycles. The minimum Gasteiger partial charge on any atom is -0.497 e. The molecule has 0 atom stereocenters. The number of aromatic amines is 1. The van der Waals surface area contributed by atoms with Crippen molar-refractivity contribution in [2.45, 2.75) is 6.92 Å². The molecule has 0 saturated carbocycles. The number of fused-ring (bicyclic) bond motifs is 1. The Morgan fingerprint density at radius 2 is 2.04 bits per heavy atom. The lowest BCUT2D eigenvalue weighted by atomic mass is 10.1. The first-order valence-corrected chi connectivity index (χ1v) is 8.63. The fourth-order valence-corrected chi connectivity index (χ4v) is 2.80. The van der Waals surface area contributed by atoms with E-state index in [0.717, 1.165) is 16.5 Å². The molecule has 0 fully saturated rings. The lowest BCUT2D eigenvalue weighted by molar-refractivity contribution is -0.327. The van der Waals surface area contributed by atoms with E-state index in [0.29, 0.717) is 35.8 Å². The van der Waals surface area contributed by atoms with Crippen molar-refractivity contribution in [2.24, 2.45) is 0 Å². The highest BCUT2D eigenvalue weighted by Gasteiger charge is 2.13. The van der Waals surface area contributed by atoms with E-state index in [1.807, 2.05) is 31.2 Å². The molecule has 0 bridgehead atoms. The van der Waals surface area contributed by atoms with Crippen molar-refractivity contribution in [1.82, 2.24) is 5.32 Å². The van der Waals surface area contributed by atoms with Crippen LogP contribution >= 0.6 is 0 Å². The molecule has 0 aliphatic rings. The Hall–Kier alpha value is -3.59. The Kier molecular flexibility index (Phi) is 5.53. The number of nitrogens with zero attached hydrogens (tertiary/aromatic N) is 1. The Balaban J connectivity index is 1.62. The molecule has 0 aliphatic heterocycles. The van der Waals surface area contributed by atoms with Crippen LogP contribution in [0.15, 0.2) is 48.5 Å². The molecule has 6 nitrogen and oxygen atoms in total. The number of anilines is 1. The van der Waals surface area contributed by atoms with Crippen LogP contribution < -0.4 is 20.4 Å². The molecule has 6 heteroatoms. The van der Waals surface area contributed by atoms with E-state index in [1.165, 1.54) is 0 Å². The molecule has 0 spiro atoms. The maximum Gasteiger partial charge on any atom is 0.290 e. The summed E-state index contributed by atoms with van der Waals surface area (Å²) in [5.74, 6) is 1.11. The Morgan fingerprint density at radius 3 is 2.81 bits per heavy atom. The number of ether oxygens (including phenoxy) is 1. The van der Waals surface area contributed by atoms with E-state index < -0.39 is 0 Å². The lowest BCUT2D eigenvalue weighted by Crippen LogP contribution is -2.30. The molecule has 0 radical (unpaired) electrons. The third-order valence-corrected chi connectivity index (χ3v) is 4.20. The zero-order valence-corrected chi connectivity index (χ0v) is 15.3. The lowest BCUT2D eigenvalue weighted by Gasteiger charge is -2.07. The smallest absolute Gasteiger partial charge is 0.290 e.